The van der Waals surface area contributed by atoms with Crippen LogP contribution in [0.15, 0.2) is 47.4 Å². The Morgan fingerprint density at radius 2 is 1.78 bits per heavy atom. The Balaban J connectivity index is 1.88. The third kappa shape index (κ3) is 4.28. The summed E-state index contributed by atoms with van der Waals surface area (Å²) >= 11 is 6.77. The second kappa shape index (κ2) is 8.06. The lowest BCUT2D eigenvalue weighted by molar-refractivity contribution is -0.113. The van der Waals surface area contributed by atoms with E-state index >= 15 is 0 Å². The topological polar surface area (TPSA) is 55.8 Å². The van der Waals surface area contributed by atoms with Crippen molar-refractivity contribution in [1.82, 2.24) is 0 Å². The zero-order valence-electron chi connectivity index (χ0n) is 15.1. The molecule has 1 heterocycles. The molecule has 0 radical (unpaired) electrons. The molecule has 1 aliphatic heterocycles. The number of amides is 2. The number of hydrogen-bond acceptors (Lipinski definition) is 5. The molecule has 0 aliphatic carbocycles. The zero-order chi connectivity index (χ0) is 19.6. The molecular weight excluding hydrogens is 386 g/mol. The van der Waals surface area contributed by atoms with Crippen molar-refractivity contribution in [3.8, 4) is 11.5 Å². The summed E-state index contributed by atoms with van der Waals surface area (Å²) in [6.45, 7) is 3.86. The first-order valence-corrected chi connectivity index (χ1v) is 9.46. The number of benzene rings is 2. The van der Waals surface area contributed by atoms with E-state index in [1.54, 1.807) is 49.6 Å². The van der Waals surface area contributed by atoms with E-state index in [0.29, 0.717) is 27.1 Å². The van der Waals surface area contributed by atoms with E-state index in [9.17, 15) is 9.59 Å². The molecule has 5 nitrogen and oxygen atoms in total. The van der Waals surface area contributed by atoms with Crippen molar-refractivity contribution in [2.24, 2.45) is 0 Å². The molecule has 140 valence electrons. The second-order valence-corrected chi connectivity index (χ2v) is 7.50. The number of imide groups is 1. The van der Waals surface area contributed by atoms with E-state index in [-0.39, 0.29) is 17.3 Å². The molecule has 27 heavy (non-hydrogen) atoms. The Hall–Kier alpha value is -2.44. The van der Waals surface area contributed by atoms with Gasteiger partial charge in [-0.05, 0) is 73.6 Å². The highest BCUT2D eigenvalue weighted by molar-refractivity contribution is 8.19. The number of halogens is 1. The summed E-state index contributed by atoms with van der Waals surface area (Å²) in [6, 6.07) is 11.9. The van der Waals surface area contributed by atoms with Crippen LogP contribution in [0.3, 0.4) is 0 Å². The van der Waals surface area contributed by atoms with E-state index in [0.717, 1.165) is 22.2 Å². The van der Waals surface area contributed by atoms with Gasteiger partial charge in [0.25, 0.3) is 11.1 Å². The van der Waals surface area contributed by atoms with Crippen molar-refractivity contribution in [1.29, 1.82) is 0 Å². The van der Waals surface area contributed by atoms with Crippen LogP contribution in [0.1, 0.15) is 19.4 Å². The minimum Gasteiger partial charge on any atom is -0.493 e. The maximum absolute atomic E-state index is 12.7. The van der Waals surface area contributed by atoms with Crippen LogP contribution in [0.5, 0.6) is 11.5 Å². The maximum Gasteiger partial charge on any atom is 0.298 e. The number of carbonyl (C=O) groups excluding carboxylic acids is 2. The number of thioether (sulfide) groups is 1. The monoisotopic (exact) mass is 403 g/mol. The predicted molar refractivity (Wildman–Crippen MR) is 109 cm³/mol. The lowest BCUT2D eigenvalue weighted by Crippen LogP contribution is -2.27. The van der Waals surface area contributed by atoms with Crippen molar-refractivity contribution in [3.05, 3.63) is 58.0 Å². The molecule has 1 fully saturated rings. The van der Waals surface area contributed by atoms with Gasteiger partial charge < -0.3 is 9.47 Å². The first-order chi connectivity index (χ1) is 12.9. The normalized spacial score (nSPS) is 15.7. The Labute approximate surface area is 166 Å². The molecule has 0 N–H and O–H groups in total. The second-order valence-electron chi connectivity index (χ2n) is 6.07. The molecule has 0 saturated carbocycles. The molecule has 0 aromatic heterocycles. The quantitative estimate of drug-likeness (QED) is 0.627. The summed E-state index contributed by atoms with van der Waals surface area (Å²) in [5.41, 5.74) is 1.23. The Morgan fingerprint density at radius 1 is 1.07 bits per heavy atom. The van der Waals surface area contributed by atoms with Crippen LogP contribution in [0, 0.1) is 0 Å². The van der Waals surface area contributed by atoms with E-state index in [2.05, 4.69) is 0 Å². The van der Waals surface area contributed by atoms with E-state index in [1.165, 1.54) is 0 Å². The first kappa shape index (κ1) is 19.3. The Morgan fingerprint density at radius 3 is 2.41 bits per heavy atom. The van der Waals surface area contributed by atoms with E-state index in [4.69, 9.17) is 21.1 Å². The maximum atomic E-state index is 12.7. The molecule has 3 rings (SSSR count). The van der Waals surface area contributed by atoms with Gasteiger partial charge in [0, 0.05) is 5.02 Å². The van der Waals surface area contributed by atoms with Gasteiger partial charge in [-0.3, -0.25) is 9.59 Å². The number of nitrogens with zero attached hydrogens (tertiary/aromatic N) is 1. The first-order valence-electron chi connectivity index (χ1n) is 8.27. The predicted octanol–water partition coefficient (Wildman–Crippen LogP) is 5.38. The van der Waals surface area contributed by atoms with Gasteiger partial charge in [-0.2, -0.15) is 0 Å². The highest BCUT2D eigenvalue weighted by Crippen LogP contribution is 2.37. The SMILES string of the molecule is COc1cc(/C=C2/SC(=O)N(c3ccc(Cl)cc3)C2=O)ccc1OC(C)C. The molecule has 2 aromatic rings. The average molecular weight is 404 g/mol. The van der Waals surface area contributed by atoms with Crippen LogP contribution >= 0.6 is 23.4 Å². The number of hydrogen-bond donors (Lipinski definition) is 0. The average Bonchev–Trinajstić information content (AvgIpc) is 2.90. The lowest BCUT2D eigenvalue weighted by atomic mass is 10.1. The standard InChI is InChI=1S/C20H18ClNO4S/c1-12(2)26-16-9-4-13(10-17(16)25-3)11-18-19(23)22(20(24)27-18)15-7-5-14(21)6-8-15/h4-12H,1-3H3/b18-11+. The molecule has 2 amide bonds. The summed E-state index contributed by atoms with van der Waals surface area (Å²) in [4.78, 5) is 26.5. The van der Waals surface area contributed by atoms with E-state index < -0.39 is 0 Å². The Bertz CT molecular complexity index is 909. The fourth-order valence-corrected chi connectivity index (χ4v) is 3.52. The number of ether oxygens (including phenoxy) is 2. The highest BCUT2D eigenvalue weighted by atomic mass is 35.5. The summed E-state index contributed by atoms with van der Waals surface area (Å²) in [5.74, 6) is 0.821. The number of rotatable bonds is 5. The molecule has 0 bridgehead atoms. The van der Waals surface area contributed by atoms with Gasteiger partial charge in [-0.1, -0.05) is 17.7 Å². The van der Waals surface area contributed by atoms with Crippen molar-refractivity contribution in [2.75, 3.05) is 12.0 Å². The molecule has 0 atom stereocenters. The highest BCUT2D eigenvalue weighted by Gasteiger charge is 2.36. The van der Waals surface area contributed by atoms with Gasteiger partial charge in [0.15, 0.2) is 11.5 Å². The molecule has 7 heteroatoms. The van der Waals surface area contributed by atoms with Gasteiger partial charge >= 0.3 is 0 Å². The van der Waals surface area contributed by atoms with Crippen LogP contribution in [0.4, 0.5) is 10.5 Å². The van der Waals surface area contributed by atoms with Crippen molar-refractivity contribution in [3.63, 3.8) is 0 Å². The molecule has 0 unspecified atom stereocenters. The third-order valence-electron chi connectivity index (χ3n) is 3.73. The molecule has 1 aliphatic rings. The van der Waals surface area contributed by atoms with Gasteiger partial charge in [-0.25, -0.2) is 4.90 Å². The summed E-state index contributed by atoms with van der Waals surface area (Å²) in [5, 5.41) is 0.192. The zero-order valence-corrected chi connectivity index (χ0v) is 16.6. The fourth-order valence-electron chi connectivity index (χ4n) is 2.56. The van der Waals surface area contributed by atoms with Crippen LogP contribution < -0.4 is 14.4 Å². The van der Waals surface area contributed by atoms with Gasteiger partial charge in [0.05, 0.1) is 23.8 Å². The fraction of sp³-hybridized carbons (Fsp3) is 0.200. The molecule has 2 aromatic carbocycles. The van der Waals surface area contributed by atoms with Gasteiger partial charge in [0.1, 0.15) is 0 Å². The summed E-state index contributed by atoms with van der Waals surface area (Å²) in [7, 11) is 1.56. The van der Waals surface area contributed by atoms with Crippen LogP contribution in [-0.4, -0.2) is 24.4 Å². The van der Waals surface area contributed by atoms with Crippen molar-refractivity contribution >= 4 is 46.3 Å². The molecular formula is C20H18ClNO4S. The molecule has 1 saturated heterocycles. The van der Waals surface area contributed by atoms with Gasteiger partial charge in [0.2, 0.25) is 0 Å². The largest absolute Gasteiger partial charge is 0.493 e. The third-order valence-corrected chi connectivity index (χ3v) is 4.85. The minimum absolute atomic E-state index is 0.0145. The minimum atomic E-state index is -0.367. The van der Waals surface area contributed by atoms with Crippen LogP contribution in [0.25, 0.3) is 6.08 Å². The number of anilines is 1. The van der Waals surface area contributed by atoms with E-state index in [1.807, 2.05) is 19.9 Å². The van der Waals surface area contributed by atoms with Crippen molar-refractivity contribution in [2.45, 2.75) is 20.0 Å². The lowest BCUT2D eigenvalue weighted by Gasteiger charge is -2.14. The smallest absolute Gasteiger partial charge is 0.298 e. The number of methoxy groups -OCH3 is 1. The Kier molecular flexibility index (Phi) is 5.77. The summed E-state index contributed by atoms with van der Waals surface area (Å²) < 4.78 is 11.1. The summed E-state index contributed by atoms with van der Waals surface area (Å²) in [6.07, 6.45) is 1.68. The van der Waals surface area contributed by atoms with Crippen LogP contribution in [-0.2, 0) is 4.79 Å². The number of carbonyl (C=O) groups is 2. The van der Waals surface area contributed by atoms with Crippen LogP contribution in [0.2, 0.25) is 5.02 Å². The molecule has 0 spiro atoms. The van der Waals surface area contributed by atoms with Gasteiger partial charge in [-0.15, -0.1) is 0 Å². The van der Waals surface area contributed by atoms with Crippen molar-refractivity contribution < 1.29 is 19.1 Å².